The van der Waals surface area contributed by atoms with Crippen LogP contribution in [0.15, 0.2) is 0 Å². The summed E-state index contributed by atoms with van der Waals surface area (Å²) in [6, 6.07) is 0. The van der Waals surface area contributed by atoms with Gasteiger partial charge in [-0.15, -0.1) is 0 Å². The summed E-state index contributed by atoms with van der Waals surface area (Å²) in [6.07, 6.45) is 10.2. The van der Waals surface area contributed by atoms with Crippen LogP contribution in [0.1, 0.15) is 65.2 Å². The van der Waals surface area contributed by atoms with Gasteiger partial charge in [-0.2, -0.15) is 0 Å². The Bertz CT molecular complexity index is 150. The summed E-state index contributed by atoms with van der Waals surface area (Å²) in [4.78, 5) is 10.3. The minimum atomic E-state index is -0.0449. The predicted molar refractivity (Wildman–Crippen MR) is 75.2 cm³/mol. The molecule has 1 amide bonds. The van der Waals surface area contributed by atoms with Crippen LogP contribution >= 0.6 is 0 Å². The van der Waals surface area contributed by atoms with Crippen molar-refractivity contribution in [3.8, 4) is 0 Å². The standard InChI is InChI=1S/C7H15NOSe.C6H15N/c1-2-3-4-5-6-8-7(9)10;1-2-3-4-5-6-7/h2-6H2,1H3,(H2,8,9,10);2-7H2,1H3. The van der Waals surface area contributed by atoms with E-state index in [4.69, 9.17) is 0 Å². The summed E-state index contributed by atoms with van der Waals surface area (Å²) in [5.74, 6) is 0. The molecule has 0 spiro atoms. The topological polar surface area (TPSA) is 56.7 Å². The van der Waals surface area contributed by atoms with Crippen LogP contribution in [0.5, 0.6) is 0 Å². The van der Waals surface area contributed by atoms with Gasteiger partial charge >= 0.3 is 70.1 Å². The Balaban J connectivity index is 0. The summed E-state index contributed by atoms with van der Waals surface area (Å²) in [5, 5.41) is 2.71. The SMILES string of the molecule is CCCCCCNC(=O)[Se-].CCCCCC[NH3+]. The van der Waals surface area contributed by atoms with Crippen molar-refractivity contribution in [3.63, 3.8) is 0 Å². The Morgan fingerprint density at radius 1 is 1.00 bits per heavy atom. The molecule has 3 nitrogen and oxygen atoms in total. The van der Waals surface area contributed by atoms with Crippen molar-refractivity contribution in [2.75, 3.05) is 13.1 Å². The van der Waals surface area contributed by atoms with Crippen molar-refractivity contribution < 1.29 is 10.5 Å². The average Bonchev–Trinajstić information content (AvgIpc) is 2.30. The number of unbranched alkanes of at least 4 members (excludes halogenated alkanes) is 6. The normalized spacial score (nSPS) is 9.35. The summed E-state index contributed by atoms with van der Waals surface area (Å²) in [5.41, 5.74) is 3.76. The fourth-order valence-corrected chi connectivity index (χ4v) is 1.56. The van der Waals surface area contributed by atoms with E-state index in [0.717, 1.165) is 19.5 Å². The number of amides is 1. The average molecular weight is 309 g/mol. The Hall–Kier alpha value is -0.0505. The van der Waals surface area contributed by atoms with Crippen molar-refractivity contribution in [3.05, 3.63) is 0 Å². The van der Waals surface area contributed by atoms with E-state index in [1.54, 1.807) is 0 Å². The quantitative estimate of drug-likeness (QED) is 0.498. The number of hydrogen-bond donors (Lipinski definition) is 2. The van der Waals surface area contributed by atoms with Crippen LogP contribution in [0.2, 0.25) is 0 Å². The molecule has 0 bridgehead atoms. The molecule has 0 aromatic heterocycles. The van der Waals surface area contributed by atoms with E-state index in [0.29, 0.717) is 0 Å². The number of hydrogen-bond acceptors (Lipinski definition) is 1. The summed E-state index contributed by atoms with van der Waals surface area (Å²) in [6.45, 7) is 6.32. The van der Waals surface area contributed by atoms with Gasteiger partial charge in [-0.1, -0.05) is 19.8 Å². The molecular weight excluding hydrogens is 279 g/mol. The molecule has 0 aromatic carbocycles. The number of carbonyl (C=O) groups excluding carboxylic acids is 1. The Labute approximate surface area is 115 Å². The van der Waals surface area contributed by atoms with Crippen molar-refractivity contribution in [1.29, 1.82) is 0 Å². The van der Waals surface area contributed by atoms with Crippen molar-refractivity contribution in [2.24, 2.45) is 0 Å². The molecule has 0 unspecified atom stereocenters. The summed E-state index contributed by atoms with van der Waals surface area (Å²) in [7, 11) is 0. The van der Waals surface area contributed by atoms with Gasteiger partial charge in [0.15, 0.2) is 0 Å². The molecule has 0 saturated heterocycles. The van der Waals surface area contributed by atoms with Gasteiger partial charge in [0.1, 0.15) is 0 Å². The monoisotopic (exact) mass is 310 g/mol. The minimum absolute atomic E-state index is 0.0449. The first-order valence-electron chi connectivity index (χ1n) is 6.93. The Kier molecular flexibility index (Phi) is 20.8. The Morgan fingerprint density at radius 3 is 1.94 bits per heavy atom. The second-order valence-corrected chi connectivity index (χ2v) is 4.97. The van der Waals surface area contributed by atoms with Gasteiger partial charge in [0.2, 0.25) is 0 Å². The molecule has 17 heavy (non-hydrogen) atoms. The predicted octanol–water partition coefficient (Wildman–Crippen LogP) is 2.25. The fraction of sp³-hybridized carbons (Fsp3) is 0.923. The first-order chi connectivity index (χ1) is 8.18. The van der Waals surface area contributed by atoms with E-state index in [1.807, 2.05) is 0 Å². The van der Waals surface area contributed by atoms with Crippen LogP contribution in [0, 0.1) is 0 Å². The third-order valence-electron chi connectivity index (χ3n) is 2.40. The van der Waals surface area contributed by atoms with Crippen LogP contribution in [-0.2, 0) is 0 Å². The first kappa shape index (κ1) is 19.3. The fourth-order valence-electron chi connectivity index (χ4n) is 1.35. The van der Waals surface area contributed by atoms with E-state index in [2.05, 4.69) is 40.9 Å². The zero-order chi connectivity index (χ0) is 13.4. The molecule has 0 atom stereocenters. The van der Waals surface area contributed by atoms with Gasteiger partial charge in [0, 0.05) is 0 Å². The first-order valence-corrected chi connectivity index (χ1v) is 7.78. The Morgan fingerprint density at radius 2 is 1.53 bits per heavy atom. The molecule has 0 aliphatic rings. The van der Waals surface area contributed by atoms with Crippen LogP contribution < -0.4 is 11.1 Å². The second kappa shape index (κ2) is 18.3. The van der Waals surface area contributed by atoms with Crippen molar-refractivity contribution in [2.45, 2.75) is 65.2 Å². The van der Waals surface area contributed by atoms with Crippen LogP contribution in [0.3, 0.4) is 0 Å². The number of carbonyl (C=O) groups is 1. The smallest absolute Gasteiger partial charge is 0.0739 e. The van der Waals surface area contributed by atoms with Crippen LogP contribution in [-0.4, -0.2) is 33.9 Å². The second-order valence-electron chi connectivity index (χ2n) is 4.19. The number of quaternary nitrogens is 1. The molecule has 0 aliphatic heterocycles. The van der Waals surface area contributed by atoms with Gasteiger partial charge < -0.3 is 5.73 Å². The van der Waals surface area contributed by atoms with E-state index < -0.39 is 0 Å². The molecule has 0 radical (unpaired) electrons. The van der Waals surface area contributed by atoms with Gasteiger partial charge in [-0.05, 0) is 12.8 Å². The summed E-state index contributed by atoms with van der Waals surface area (Å²) < 4.78 is 0. The van der Waals surface area contributed by atoms with Crippen LogP contribution in [0.4, 0.5) is 4.79 Å². The third-order valence-corrected chi connectivity index (χ3v) is 2.71. The molecule has 0 heterocycles. The maximum Gasteiger partial charge on any atom is 0.0739 e. The largest absolute Gasteiger partial charge is 0.358 e. The number of nitrogens with one attached hydrogen (secondary N) is 1. The molecule has 0 fully saturated rings. The van der Waals surface area contributed by atoms with E-state index in [1.165, 1.54) is 44.9 Å². The van der Waals surface area contributed by atoms with Gasteiger partial charge in [-0.3, -0.25) is 0 Å². The molecule has 4 heteroatoms. The molecule has 0 saturated carbocycles. The van der Waals surface area contributed by atoms with E-state index in [-0.39, 0.29) is 4.81 Å². The van der Waals surface area contributed by atoms with Crippen molar-refractivity contribution >= 4 is 20.8 Å². The molecule has 0 rings (SSSR count). The zero-order valence-corrected chi connectivity index (χ0v) is 13.3. The molecular formula is C13H30N2OSe. The molecule has 0 aliphatic carbocycles. The maximum atomic E-state index is 10.3. The third kappa shape index (κ3) is 25.9. The number of rotatable bonds is 9. The van der Waals surface area contributed by atoms with Gasteiger partial charge in [0.25, 0.3) is 0 Å². The molecule has 0 aromatic rings. The van der Waals surface area contributed by atoms with E-state index >= 15 is 0 Å². The summed E-state index contributed by atoms with van der Waals surface area (Å²) >= 11 is 2.38. The zero-order valence-electron chi connectivity index (χ0n) is 11.6. The minimum Gasteiger partial charge on any atom is -0.358 e. The molecule has 4 N–H and O–H groups in total. The maximum absolute atomic E-state index is 10.3. The van der Waals surface area contributed by atoms with Gasteiger partial charge in [-0.25, -0.2) is 0 Å². The van der Waals surface area contributed by atoms with Gasteiger partial charge in [0.05, 0.1) is 6.54 Å². The van der Waals surface area contributed by atoms with Crippen molar-refractivity contribution in [1.82, 2.24) is 5.32 Å². The van der Waals surface area contributed by atoms with E-state index in [9.17, 15) is 4.79 Å². The van der Waals surface area contributed by atoms with Crippen LogP contribution in [0.25, 0.3) is 0 Å². The molecule has 104 valence electrons.